The SMILES string of the molecule is C[C@@H]1CCCC[C@H]1NC(=O)COC(=O)Cc1n[nH]c(=O)c2ccccc12. The minimum absolute atomic E-state index is 0.107. The second kappa shape index (κ2) is 8.12. The van der Waals surface area contributed by atoms with Crippen molar-refractivity contribution >= 4 is 22.6 Å². The molecule has 7 heteroatoms. The molecule has 1 aliphatic carbocycles. The van der Waals surface area contributed by atoms with Gasteiger partial charge >= 0.3 is 5.97 Å². The van der Waals surface area contributed by atoms with Gasteiger partial charge in [-0.3, -0.25) is 14.4 Å². The number of aromatic nitrogens is 2. The summed E-state index contributed by atoms with van der Waals surface area (Å²) in [4.78, 5) is 35.8. The Hall–Kier alpha value is -2.70. The summed E-state index contributed by atoms with van der Waals surface area (Å²) >= 11 is 0. The van der Waals surface area contributed by atoms with Gasteiger partial charge in [0.2, 0.25) is 0 Å². The van der Waals surface area contributed by atoms with Crippen LogP contribution in [0.4, 0.5) is 0 Å². The van der Waals surface area contributed by atoms with Crippen LogP contribution in [0.15, 0.2) is 29.1 Å². The average molecular weight is 357 g/mol. The predicted octanol–water partition coefficient (Wildman–Crippen LogP) is 1.70. The highest BCUT2D eigenvalue weighted by Gasteiger charge is 2.23. The number of hydrogen-bond donors (Lipinski definition) is 2. The van der Waals surface area contributed by atoms with E-state index in [1.165, 1.54) is 6.42 Å². The number of hydrogen-bond acceptors (Lipinski definition) is 5. The number of nitrogens with zero attached hydrogens (tertiary/aromatic N) is 1. The van der Waals surface area contributed by atoms with Crippen LogP contribution in [0, 0.1) is 5.92 Å². The lowest BCUT2D eigenvalue weighted by Crippen LogP contribution is -2.43. The van der Waals surface area contributed by atoms with Gasteiger partial charge in [-0.25, -0.2) is 5.10 Å². The quantitative estimate of drug-likeness (QED) is 0.793. The molecule has 0 unspecified atom stereocenters. The van der Waals surface area contributed by atoms with Crippen molar-refractivity contribution in [3.05, 3.63) is 40.3 Å². The molecule has 0 bridgehead atoms. The zero-order valence-corrected chi connectivity index (χ0v) is 14.8. The number of H-pyrrole nitrogens is 1. The highest BCUT2D eigenvalue weighted by molar-refractivity contribution is 5.87. The van der Waals surface area contributed by atoms with Crippen LogP contribution in [0.3, 0.4) is 0 Å². The van der Waals surface area contributed by atoms with E-state index >= 15 is 0 Å². The Kier molecular flexibility index (Phi) is 5.65. The van der Waals surface area contributed by atoms with E-state index in [2.05, 4.69) is 22.4 Å². The van der Waals surface area contributed by atoms with E-state index in [4.69, 9.17) is 4.74 Å². The number of esters is 1. The molecule has 1 aromatic carbocycles. The van der Waals surface area contributed by atoms with Gasteiger partial charge in [0.05, 0.1) is 17.5 Å². The zero-order chi connectivity index (χ0) is 18.5. The van der Waals surface area contributed by atoms with Gasteiger partial charge in [0.1, 0.15) is 0 Å². The predicted molar refractivity (Wildman–Crippen MR) is 96.6 cm³/mol. The topological polar surface area (TPSA) is 101 Å². The molecule has 1 heterocycles. The van der Waals surface area contributed by atoms with Crippen LogP contribution in [0.5, 0.6) is 0 Å². The van der Waals surface area contributed by atoms with Gasteiger partial charge in [-0.05, 0) is 24.8 Å². The number of nitrogens with one attached hydrogen (secondary N) is 2. The largest absolute Gasteiger partial charge is 0.455 e. The molecule has 0 spiro atoms. The van der Waals surface area contributed by atoms with Crippen molar-refractivity contribution in [2.45, 2.75) is 45.1 Å². The van der Waals surface area contributed by atoms with Crippen molar-refractivity contribution in [3.8, 4) is 0 Å². The molecule has 3 rings (SSSR count). The van der Waals surface area contributed by atoms with E-state index in [1.54, 1.807) is 24.3 Å². The van der Waals surface area contributed by atoms with E-state index in [0.29, 0.717) is 22.4 Å². The second-order valence-electron chi connectivity index (χ2n) is 6.82. The number of amides is 1. The first-order valence-electron chi connectivity index (χ1n) is 8.96. The summed E-state index contributed by atoms with van der Waals surface area (Å²) < 4.78 is 5.08. The number of rotatable bonds is 5. The summed E-state index contributed by atoms with van der Waals surface area (Å²) in [5.41, 5.74) is 0.116. The molecule has 2 aromatic rings. The molecule has 1 fully saturated rings. The molecular weight excluding hydrogens is 334 g/mol. The smallest absolute Gasteiger partial charge is 0.312 e. The van der Waals surface area contributed by atoms with Gasteiger partial charge in [-0.15, -0.1) is 0 Å². The lowest BCUT2D eigenvalue weighted by molar-refractivity contribution is -0.148. The van der Waals surface area contributed by atoms with E-state index in [1.807, 2.05) is 0 Å². The Morgan fingerprint density at radius 1 is 1.23 bits per heavy atom. The van der Waals surface area contributed by atoms with Crippen LogP contribution in [0.1, 0.15) is 38.3 Å². The van der Waals surface area contributed by atoms with Crippen molar-refractivity contribution in [1.82, 2.24) is 15.5 Å². The minimum atomic E-state index is -0.554. The highest BCUT2D eigenvalue weighted by Crippen LogP contribution is 2.23. The molecular formula is C19H23N3O4. The Morgan fingerprint density at radius 3 is 2.73 bits per heavy atom. The van der Waals surface area contributed by atoms with Crippen LogP contribution in [-0.4, -0.2) is 34.7 Å². The van der Waals surface area contributed by atoms with Crippen molar-refractivity contribution in [2.24, 2.45) is 5.92 Å². The lowest BCUT2D eigenvalue weighted by Gasteiger charge is -2.29. The van der Waals surface area contributed by atoms with E-state index in [9.17, 15) is 14.4 Å². The van der Waals surface area contributed by atoms with E-state index in [-0.39, 0.29) is 30.5 Å². The van der Waals surface area contributed by atoms with Crippen LogP contribution in [0.25, 0.3) is 10.8 Å². The summed E-state index contributed by atoms with van der Waals surface area (Å²) in [7, 11) is 0. The van der Waals surface area contributed by atoms with Crippen molar-refractivity contribution in [1.29, 1.82) is 0 Å². The molecule has 1 aromatic heterocycles. The summed E-state index contributed by atoms with van der Waals surface area (Å²) in [5, 5.41) is 10.3. The molecule has 1 aliphatic rings. The van der Waals surface area contributed by atoms with Crippen LogP contribution >= 0.6 is 0 Å². The molecule has 7 nitrogen and oxygen atoms in total. The van der Waals surface area contributed by atoms with E-state index in [0.717, 1.165) is 19.3 Å². The summed E-state index contributed by atoms with van der Waals surface area (Å²) in [6.45, 7) is 1.83. The molecule has 1 amide bonds. The number of carbonyl (C=O) groups is 2. The first kappa shape index (κ1) is 18.1. The monoisotopic (exact) mass is 357 g/mol. The third-order valence-corrected chi connectivity index (χ3v) is 4.91. The Bertz CT molecular complexity index is 861. The maximum atomic E-state index is 12.1. The van der Waals surface area contributed by atoms with Gasteiger partial charge in [-0.2, -0.15) is 5.10 Å². The standard InChI is InChI=1S/C19H23N3O4/c1-12-6-2-5-9-15(12)20-17(23)11-26-18(24)10-16-13-7-3-4-8-14(13)19(25)22-21-16/h3-4,7-8,12,15H,2,5-6,9-11H2,1H3,(H,20,23)(H,22,25)/t12-,15-/m1/s1. The number of ether oxygens (including phenoxy) is 1. The van der Waals surface area contributed by atoms with Crippen LogP contribution in [0.2, 0.25) is 0 Å². The zero-order valence-electron chi connectivity index (χ0n) is 14.8. The maximum Gasteiger partial charge on any atom is 0.312 e. The first-order chi connectivity index (χ1) is 12.5. The van der Waals surface area contributed by atoms with Crippen molar-refractivity contribution in [3.63, 3.8) is 0 Å². The van der Waals surface area contributed by atoms with Crippen LogP contribution < -0.4 is 10.9 Å². The number of carbonyl (C=O) groups excluding carboxylic acids is 2. The molecule has 1 saturated carbocycles. The molecule has 0 radical (unpaired) electrons. The summed E-state index contributed by atoms with van der Waals surface area (Å²) in [5.74, 6) is -0.391. The van der Waals surface area contributed by atoms with Gasteiger partial charge in [-0.1, -0.05) is 38.0 Å². The number of fused-ring (bicyclic) bond motifs is 1. The van der Waals surface area contributed by atoms with E-state index < -0.39 is 5.97 Å². The number of aromatic amines is 1. The molecule has 138 valence electrons. The highest BCUT2D eigenvalue weighted by atomic mass is 16.5. The molecule has 2 atom stereocenters. The molecule has 2 N–H and O–H groups in total. The Balaban J connectivity index is 1.55. The van der Waals surface area contributed by atoms with Gasteiger partial charge in [0.25, 0.3) is 11.5 Å². The maximum absolute atomic E-state index is 12.1. The molecule has 0 saturated heterocycles. The van der Waals surface area contributed by atoms with Gasteiger partial charge < -0.3 is 10.1 Å². The normalized spacial score (nSPS) is 19.9. The van der Waals surface area contributed by atoms with Gasteiger partial charge in [0, 0.05) is 11.4 Å². The summed E-state index contributed by atoms with van der Waals surface area (Å²) in [6, 6.07) is 7.08. The fraction of sp³-hybridized carbons (Fsp3) is 0.474. The lowest BCUT2D eigenvalue weighted by atomic mass is 9.86. The fourth-order valence-corrected chi connectivity index (χ4v) is 3.42. The van der Waals surface area contributed by atoms with Crippen LogP contribution in [-0.2, 0) is 20.7 Å². The van der Waals surface area contributed by atoms with Crippen molar-refractivity contribution in [2.75, 3.05) is 6.61 Å². The van der Waals surface area contributed by atoms with Gasteiger partial charge in [0.15, 0.2) is 6.61 Å². The third-order valence-electron chi connectivity index (χ3n) is 4.91. The number of benzene rings is 1. The summed E-state index contributed by atoms with van der Waals surface area (Å²) in [6.07, 6.45) is 4.27. The second-order valence-corrected chi connectivity index (χ2v) is 6.82. The first-order valence-corrected chi connectivity index (χ1v) is 8.96. The Labute approximate surface area is 151 Å². The molecule has 0 aliphatic heterocycles. The Morgan fingerprint density at radius 2 is 1.96 bits per heavy atom. The fourth-order valence-electron chi connectivity index (χ4n) is 3.42. The minimum Gasteiger partial charge on any atom is -0.455 e. The molecule has 26 heavy (non-hydrogen) atoms. The van der Waals surface area contributed by atoms with Crippen molar-refractivity contribution < 1.29 is 14.3 Å². The third kappa shape index (κ3) is 4.28. The average Bonchev–Trinajstić information content (AvgIpc) is 2.64.